The van der Waals surface area contributed by atoms with Crippen molar-refractivity contribution in [2.75, 3.05) is 13.1 Å². The second-order valence-electron chi connectivity index (χ2n) is 7.57. The van der Waals surface area contributed by atoms with E-state index in [1.807, 2.05) is 4.90 Å². The fourth-order valence-corrected chi connectivity index (χ4v) is 4.03. The SMILES string of the molecule is CC1CCC(N(C(=O)CN2CCCCCC2=O)C2CC2)CC1. The molecule has 4 heteroatoms. The normalized spacial score (nSPS) is 30.0. The molecule has 0 N–H and O–H groups in total. The van der Waals surface area contributed by atoms with Crippen molar-refractivity contribution in [1.29, 1.82) is 0 Å². The molecule has 22 heavy (non-hydrogen) atoms. The third kappa shape index (κ3) is 3.82. The van der Waals surface area contributed by atoms with Crippen LogP contribution in [0.5, 0.6) is 0 Å². The molecule has 2 saturated carbocycles. The van der Waals surface area contributed by atoms with E-state index in [1.165, 1.54) is 12.8 Å². The monoisotopic (exact) mass is 306 g/mol. The number of nitrogens with zero attached hydrogens (tertiary/aromatic N) is 2. The molecule has 1 heterocycles. The van der Waals surface area contributed by atoms with Gasteiger partial charge in [-0.05, 0) is 57.3 Å². The lowest BCUT2D eigenvalue weighted by Crippen LogP contribution is -2.49. The number of rotatable bonds is 4. The molecule has 0 aromatic heterocycles. The van der Waals surface area contributed by atoms with Gasteiger partial charge in [0.15, 0.2) is 0 Å². The molecule has 3 rings (SSSR count). The molecular formula is C18H30N2O2. The lowest BCUT2D eigenvalue weighted by atomic mass is 9.86. The Morgan fingerprint density at radius 2 is 1.68 bits per heavy atom. The van der Waals surface area contributed by atoms with E-state index in [0.29, 0.717) is 25.0 Å². The largest absolute Gasteiger partial charge is 0.335 e. The molecule has 4 nitrogen and oxygen atoms in total. The first-order chi connectivity index (χ1) is 10.6. The molecule has 0 spiro atoms. The zero-order valence-corrected chi connectivity index (χ0v) is 13.9. The standard InChI is InChI=1S/C18H30N2O2/c1-14-6-8-15(9-7-14)20(16-10-11-16)18(22)13-19-12-4-2-3-5-17(19)21/h14-16H,2-13H2,1H3. The molecule has 0 aromatic rings. The predicted molar refractivity (Wildman–Crippen MR) is 86.3 cm³/mol. The summed E-state index contributed by atoms with van der Waals surface area (Å²) in [7, 11) is 0. The Hall–Kier alpha value is -1.06. The molecule has 3 fully saturated rings. The van der Waals surface area contributed by atoms with E-state index in [2.05, 4.69) is 11.8 Å². The van der Waals surface area contributed by atoms with Gasteiger partial charge in [-0.2, -0.15) is 0 Å². The summed E-state index contributed by atoms with van der Waals surface area (Å²) < 4.78 is 0. The number of amides is 2. The molecule has 0 bridgehead atoms. The maximum atomic E-state index is 12.9. The predicted octanol–water partition coefficient (Wildman–Crippen LogP) is 2.96. The number of hydrogen-bond donors (Lipinski definition) is 0. The van der Waals surface area contributed by atoms with Crippen molar-refractivity contribution in [3.63, 3.8) is 0 Å². The van der Waals surface area contributed by atoms with Crippen LogP contribution in [0.4, 0.5) is 0 Å². The van der Waals surface area contributed by atoms with Gasteiger partial charge >= 0.3 is 0 Å². The lowest BCUT2D eigenvalue weighted by Gasteiger charge is -2.37. The van der Waals surface area contributed by atoms with Crippen LogP contribution in [0.15, 0.2) is 0 Å². The lowest BCUT2D eigenvalue weighted by molar-refractivity contribution is -0.142. The maximum absolute atomic E-state index is 12.9. The van der Waals surface area contributed by atoms with E-state index in [4.69, 9.17) is 0 Å². The van der Waals surface area contributed by atoms with Crippen molar-refractivity contribution in [2.45, 2.75) is 83.2 Å². The van der Waals surface area contributed by atoms with Gasteiger partial charge < -0.3 is 9.80 Å². The average molecular weight is 306 g/mol. The second-order valence-corrected chi connectivity index (χ2v) is 7.57. The molecule has 0 radical (unpaired) electrons. The zero-order valence-electron chi connectivity index (χ0n) is 13.9. The Bertz CT molecular complexity index is 411. The Morgan fingerprint density at radius 1 is 1.05 bits per heavy atom. The van der Waals surface area contributed by atoms with Crippen LogP contribution < -0.4 is 0 Å². The summed E-state index contributed by atoms with van der Waals surface area (Å²) in [4.78, 5) is 29.0. The van der Waals surface area contributed by atoms with Crippen molar-refractivity contribution in [3.8, 4) is 0 Å². The van der Waals surface area contributed by atoms with E-state index < -0.39 is 0 Å². The van der Waals surface area contributed by atoms with Gasteiger partial charge in [0.1, 0.15) is 0 Å². The van der Waals surface area contributed by atoms with E-state index in [-0.39, 0.29) is 11.8 Å². The van der Waals surface area contributed by atoms with Crippen LogP contribution >= 0.6 is 0 Å². The molecule has 2 amide bonds. The first kappa shape index (κ1) is 15.8. The van der Waals surface area contributed by atoms with Gasteiger partial charge in [0.05, 0.1) is 6.54 Å². The summed E-state index contributed by atoms with van der Waals surface area (Å²) in [6.45, 7) is 3.40. The summed E-state index contributed by atoms with van der Waals surface area (Å²) in [5, 5.41) is 0. The fraction of sp³-hybridized carbons (Fsp3) is 0.889. The smallest absolute Gasteiger partial charge is 0.242 e. The van der Waals surface area contributed by atoms with Gasteiger partial charge in [-0.1, -0.05) is 13.3 Å². The Balaban J connectivity index is 1.61. The highest BCUT2D eigenvalue weighted by molar-refractivity contribution is 5.85. The highest BCUT2D eigenvalue weighted by Crippen LogP contribution is 2.35. The van der Waals surface area contributed by atoms with Crippen LogP contribution in [0, 0.1) is 5.92 Å². The van der Waals surface area contributed by atoms with Crippen molar-refractivity contribution in [3.05, 3.63) is 0 Å². The Morgan fingerprint density at radius 3 is 2.32 bits per heavy atom. The summed E-state index contributed by atoms with van der Waals surface area (Å²) in [5.41, 5.74) is 0. The number of carbonyl (C=O) groups is 2. The number of hydrogen-bond acceptors (Lipinski definition) is 2. The summed E-state index contributed by atoms with van der Waals surface area (Å²) in [5.74, 6) is 1.19. The van der Waals surface area contributed by atoms with Crippen LogP contribution in [0.3, 0.4) is 0 Å². The van der Waals surface area contributed by atoms with Gasteiger partial charge in [-0.15, -0.1) is 0 Å². The molecule has 0 atom stereocenters. The third-order valence-electron chi connectivity index (χ3n) is 5.60. The summed E-state index contributed by atoms with van der Waals surface area (Å²) >= 11 is 0. The topological polar surface area (TPSA) is 40.6 Å². The van der Waals surface area contributed by atoms with Gasteiger partial charge in [0.2, 0.25) is 11.8 Å². The molecule has 124 valence electrons. The fourth-order valence-electron chi connectivity index (χ4n) is 4.03. The van der Waals surface area contributed by atoms with Crippen LogP contribution in [-0.4, -0.2) is 46.8 Å². The summed E-state index contributed by atoms with van der Waals surface area (Å²) in [6, 6.07) is 0.895. The molecule has 0 unspecified atom stereocenters. The minimum atomic E-state index is 0.180. The molecule has 1 aliphatic heterocycles. The van der Waals surface area contributed by atoms with Gasteiger partial charge in [0, 0.05) is 25.0 Å². The minimum Gasteiger partial charge on any atom is -0.335 e. The van der Waals surface area contributed by atoms with Crippen LogP contribution in [0.25, 0.3) is 0 Å². The van der Waals surface area contributed by atoms with E-state index in [9.17, 15) is 9.59 Å². The average Bonchev–Trinajstić information content (AvgIpc) is 3.33. The quantitative estimate of drug-likeness (QED) is 0.801. The molecule has 0 aromatic carbocycles. The first-order valence-corrected chi connectivity index (χ1v) is 9.24. The van der Waals surface area contributed by atoms with Crippen molar-refractivity contribution in [1.82, 2.24) is 9.80 Å². The Kier molecular flexibility index (Phi) is 5.04. The zero-order chi connectivity index (χ0) is 15.5. The summed E-state index contributed by atoms with van der Waals surface area (Å²) in [6.07, 6.45) is 10.9. The third-order valence-corrected chi connectivity index (χ3v) is 5.60. The minimum absolute atomic E-state index is 0.180. The van der Waals surface area contributed by atoms with Crippen molar-refractivity contribution in [2.24, 2.45) is 5.92 Å². The Labute approximate surface area is 134 Å². The maximum Gasteiger partial charge on any atom is 0.242 e. The van der Waals surface area contributed by atoms with E-state index in [1.54, 1.807) is 0 Å². The highest BCUT2D eigenvalue weighted by Gasteiger charge is 2.39. The van der Waals surface area contributed by atoms with Crippen molar-refractivity contribution < 1.29 is 9.59 Å². The highest BCUT2D eigenvalue weighted by atomic mass is 16.2. The van der Waals surface area contributed by atoms with Crippen LogP contribution in [0.1, 0.15) is 71.1 Å². The van der Waals surface area contributed by atoms with Gasteiger partial charge in [-0.25, -0.2) is 0 Å². The van der Waals surface area contributed by atoms with Gasteiger partial charge in [-0.3, -0.25) is 9.59 Å². The number of likely N-dealkylation sites (tertiary alicyclic amines) is 1. The molecule has 3 aliphatic rings. The molecule has 2 aliphatic carbocycles. The number of carbonyl (C=O) groups excluding carboxylic acids is 2. The van der Waals surface area contributed by atoms with Crippen molar-refractivity contribution >= 4 is 11.8 Å². The molecule has 1 saturated heterocycles. The first-order valence-electron chi connectivity index (χ1n) is 9.24. The second kappa shape index (κ2) is 7.01. The van der Waals surface area contributed by atoms with E-state index in [0.717, 1.165) is 57.4 Å². The van der Waals surface area contributed by atoms with Gasteiger partial charge in [0.25, 0.3) is 0 Å². The van der Waals surface area contributed by atoms with E-state index >= 15 is 0 Å². The molecular weight excluding hydrogens is 276 g/mol. The van der Waals surface area contributed by atoms with Crippen LogP contribution in [0.2, 0.25) is 0 Å². The van der Waals surface area contributed by atoms with Crippen LogP contribution in [-0.2, 0) is 9.59 Å².